The summed E-state index contributed by atoms with van der Waals surface area (Å²) >= 11 is 1.46. The molecule has 0 bridgehead atoms. The molecule has 1 amide bonds. The second-order valence-electron chi connectivity index (χ2n) is 7.05. The second kappa shape index (κ2) is 8.58. The Kier molecular flexibility index (Phi) is 6.19. The standard InChI is InChI=1S/C19H27N5OS/c1-14-6-8-16(9-7-14)20-11-17-21-22-19(23(17)3)26-13-18(25)24-10-4-5-15(2)12-24/h6-9,15,20H,4-5,10-13H2,1-3H3/t15-/m0/s1. The van der Waals surface area contributed by atoms with Crippen molar-refractivity contribution in [3.63, 3.8) is 0 Å². The van der Waals surface area contributed by atoms with Gasteiger partial charge in [-0.05, 0) is 37.8 Å². The van der Waals surface area contributed by atoms with Crippen LogP contribution in [0.15, 0.2) is 29.4 Å². The lowest BCUT2D eigenvalue weighted by Gasteiger charge is -2.30. The third kappa shape index (κ3) is 4.78. The number of carbonyl (C=O) groups is 1. The van der Waals surface area contributed by atoms with Crippen molar-refractivity contribution in [1.82, 2.24) is 19.7 Å². The summed E-state index contributed by atoms with van der Waals surface area (Å²) in [4.78, 5) is 14.4. The first-order valence-electron chi connectivity index (χ1n) is 9.12. The van der Waals surface area contributed by atoms with Crippen LogP contribution in [0.2, 0.25) is 0 Å². The monoisotopic (exact) mass is 373 g/mol. The minimum atomic E-state index is 0.198. The Morgan fingerprint density at radius 2 is 2.08 bits per heavy atom. The number of piperidine rings is 1. The van der Waals surface area contributed by atoms with E-state index in [2.05, 4.69) is 53.6 Å². The number of carbonyl (C=O) groups excluding carboxylic acids is 1. The van der Waals surface area contributed by atoms with E-state index in [0.717, 1.165) is 36.2 Å². The Hall–Kier alpha value is -2.02. The highest BCUT2D eigenvalue weighted by molar-refractivity contribution is 7.99. The molecule has 7 heteroatoms. The lowest BCUT2D eigenvalue weighted by molar-refractivity contribution is -0.130. The van der Waals surface area contributed by atoms with Crippen molar-refractivity contribution in [1.29, 1.82) is 0 Å². The van der Waals surface area contributed by atoms with Gasteiger partial charge in [-0.3, -0.25) is 4.79 Å². The minimum Gasteiger partial charge on any atom is -0.378 e. The molecule has 0 spiro atoms. The van der Waals surface area contributed by atoms with Crippen LogP contribution in [0.25, 0.3) is 0 Å². The van der Waals surface area contributed by atoms with Gasteiger partial charge in [0.05, 0.1) is 12.3 Å². The maximum absolute atomic E-state index is 12.4. The Morgan fingerprint density at radius 1 is 1.31 bits per heavy atom. The van der Waals surface area contributed by atoms with Crippen LogP contribution in [0.1, 0.15) is 31.2 Å². The van der Waals surface area contributed by atoms with Crippen molar-refractivity contribution in [3.8, 4) is 0 Å². The molecule has 0 radical (unpaired) electrons. The van der Waals surface area contributed by atoms with E-state index in [9.17, 15) is 4.79 Å². The number of aromatic nitrogens is 3. The van der Waals surface area contributed by atoms with Crippen LogP contribution in [0.3, 0.4) is 0 Å². The molecule has 6 nitrogen and oxygen atoms in total. The van der Waals surface area contributed by atoms with Crippen LogP contribution >= 0.6 is 11.8 Å². The number of aryl methyl sites for hydroxylation is 1. The van der Waals surface area contributed by atoms with E-state index in [0.29, 0.717) is 18.2 Å². The lowest BCUT2D eigenvalue weighted by atomic mass is 10.0. The highest BCUT2D eigenvalue weighted by Gasteiger charge is 2.21. The predicted molar refractivity (Wildman–Crippen MR) is 105 cm³/mol. The van der Waals surface area contributed by atoms with Crippen molar-refractivity contribution in [2.45, 2.75) is 38.4 Å². The number of hydrogen-bond donors (Lipinski definition) is 1. The number of likely N-dealkylation sites (tertiary alicyclic amines) is 1. The van der Waals surface area contributed by atoms with E-state index in [1.807, 2.05) is 16.5 Å². The van der Waals surface area contributed by atoms with Gasteiger partial charge in [-0.2, -0.15) is 0 Å². The quantitative estimate of drug-likeness (QED) is 0.789. The molecule has 2 heterocycles. The maximum Gasteiger partial charge on any atom is 0.233 e. The molecule has 0 saturated carbocycles. The fourth-order valence-electron chi connectivity index (χ4n) is 3.11. The first-order valence-corrected chi connectivity index (χ1v) is 10.1. The van der Waals surface area contributed by atoms with Gasteiger partial charge in [-0.1, -0.05) is 36.4 Å². The van der Waals surface area contributed by atoms with Crippen LogP contribution in [-0.4, -0.2) is 44.4 Å². The smallest absolute Gasteiger partial charge is 0.233 e. The van der Waals surface area contributed by atoms with Crippen LogP contribution in [-0.2, 0) is 18.4 Å². The summed E-state index contributed by atoms with van der Waals surface area (Å²) in [6.45, 7) is 6.65. The molecular weight excluding hydrogens is 346 g/mol. The third-order valence-electron chi connectivity index (χ3n) is 4.76. The maximum atomic E-state index is 12.4. The molecule has 0 aliphatic carbocycles. The van der Waals surface area contributed by atoms with Crippen molar-refractivity contribution < 1.29 is 4.79 Å². The van der Waals surface area contributed by atoms with Crippen molar-refractivity contribution in [2.24, 2.45) is 13.0 Å². The highest BCUT2D eigenvalue weighted by Crippen LogP contribution is 2.20. The van der Waals surface area contributed by atoms with E-state index in [4.69, 9.17) is 0 Å². The zero-order valence-corrected chi connectivity index (χ0v) is 16.6. The summed E-state index contributed by atoms with van der Waals surface area (Å²) in [6.07, 6.45) is 2.33. The molecule has 2 aromatic rings. The number of benzene rings is 1. The van der Waals surface area contributed by atoms with E-state index in [1.54, 1.807) is 0 Å². The van der Waals surface area contributed by atoms with Crippen molar-refractivity contribution in [2.75, 3.05) is 24.2 Å². The largest absolute Gasteiger partial charge is 0.378 e. The topological polar surface area (TPSA) is 63.1 Å². The molecule has 1 aromatic carbocycles. The van der Waals surface area contributed by atoms with Crippen molar-refractivity contribution >= 4 is 23.4 Å². The number of rotatable bonds is 6. The predicted octanol–water partition coefficient (Wildman–Crippen LogP) is 3.09. The average Bonchev–Trinajstić information content (AvgIpc) is 2.99. The van der Waals surface area contributed by atoms with Gasteiger partial charge in [0, 0.05) is 25.8 Å². The summed E-state index contributed by atoms with van der Waals surface area (Å²) in [5.41, 5.74) is 2.29. The molecular formula is C19H27N5OS. The number of anilines is 1. The lowest BCUT2D eigenvalue weighted by Crippen LogP contribution is -2.40. The van der Waals surface area contributed by atoms with Gasteiger partial charge in [0.2, 0.25) is 5.91 Å². The van der Waals surface area contributed by atoms with E-state index in [-0.39, 0.29) is 5.91 Å². The Labute approximate surface area is 159 Å². The molecule has 1 saturated heterocycles. The van der Waals surface area contributed by atoms with Crippen molar-refractivity contribution in [3.05, 3.63) is 35.7 Å². The number of nitrogens with zero attached hydrogens (tertiary/aromatic N) is 4. The first-order chi connectivity index (χ1) is 12.5. The molecule has 1 aliphatic heterocycles. The zero-order chi connectivity index (χ0) is 18.5. The normalized spacial score (nSPS) is 17.3. The molecule has 140 valence electrons. The van der Waals surface area contributed by atoms with Crippen LogP contribution in [0, 0.1) is 12.8 Å². The Morgan fingerprint density at radius 3 is 2.81 bits per heavy atom. The summed E-state index contributed by atoms with van der Waals surface area (Å²) in [6, 6.07) is 8.26. The van der Waals surface area contributed by atoms with Gasteiger partial charge < -0.3 is 14.8 Å². The molecule has 1 fully saturated rings. The third-order valence-corrected chi connectivity index (χ3v) is 5.77. The average molecular weight is 374 g/mol. The SMILES string of the molecule is Cc1ccc(NCc2nnc(SCC(=O)N3CCC[C@H](C)C3)n2C)cc1. The molecule has 0 unspecified atom stereocenters. The summed E-state index contributed by atoms with van der Waals surface area (Å²) in [5.74, 6) is 2.08. The van der Waals surface area contributed by atoms with Crippen LogP contribution in [0.5, 0.6) is 0 Å². The Bertz CT molecular complexity index is 743. The van der Waals surface area contributed by atoms with Gasteiger partial charge >= 0.3 is 0 Å². The van der Waals surface area contributed by atoms with E-state index < -0.39 is 0 Å². The van der Waals surface area contributed by atoms with Gasteiger partial charge in [0.25, 0.3) is 0 Å². The van der Waals surface area contributed by atoms with Crippen LogP contribution in [0.4, 0.5) is 5.69 Å². The highest BCUT2D eigenvalue weighted by atomic mass is 32.2. The number of hydrogen-bond acceptors (Lipinski definition) is 5. The summed E-state index contributed by atoms with van der Waals surface area (Å²) in [7, 11) is 1.95. The van der Waals surface area contributed by atoms with E-state index in [1.165, 1.54) is 23.7 Å². The van der Waals surface area contributed by atoms with Gasteiger partial charge in [0.1, 0.15) is 0 Å². The van der Waals surface area contributed by atoms with E-state index >= 15 is 0 Å². The molecule has 1 N–H and O–H groups in total. The fraction of sp³-hybridized carbons (Fsp3) is 0.526. The molecule has 1 atom stereocenters. The van der Waals surface area contributed by atoms with Crippen LogP contribution < -0.4 is 5.32 Å². The number of amides is 1. The van der Waals surface area contributed by atoms with Gasteiger partial charge in [-0.15, -0.1) is 10.2 Å². The van der Waals surface area contributed by atoms with Gasteiger partial charge in [-0.25, -0.2) is 0 Å². The molecule has 1 aliphatic rings. The molecule has 3 rings (SSSR count). The fourth-order valence-corrected chi connectivity index (χ4v) is 3.94. The summed E-state index contributed by atoms with van der Waals surface area (Å²) < 4.78 is 1.96. The second-order valence-corrected chi connectivity index (χ2v) is 8.00. The molecule has 26 heavy (non-hydrogen) atoms. The number of thioether (sulfide) groups is 1. The van der Waals surface area contributed by atoms with Gasteiger partial charge in [0.15, 0.2) is 11.0 Å². The molecule has 1 aromatic heterocycles. The minimum absolute atomic E-state index is 0.198. The Balaban J connectivity index is 1.51. The summed E-state index contributed by atoms with van der Waals surface area (Å²) in [5, 5.41) is 12.6. The zero-order valence-electron chi connectivity index (χ0n) is 15.7. The first kappa shape index (κ1) is 18.8. The number of nitrogens with one attached hydrogen (secondary N) is 1.